The molecule has 2 rings (SSSR count). The Morgan fingerprint density at radius 2 is 1.63 bits per heavy atom. The van der Waals surface area contributed by atoms with E-state index in [9.17, 15) is 0 Å². The van der Waals surface area contributed by atoms with Crippen LogP contribution in [0, 0.1) is 0 Å². The van der Waals surface area contributed by atoms with Gasteiger partial charge >= 0.3 is 0 Å². The highest BCUT2D eigenvalue weighted by Gasteiger charge is 1.96. The second kappa shape index (κ2) is 7.68. The zero-order chi connectivity index (χ0) is 13.5. The Labute approximate surface area is 130 Å². The van der Waals surface area contributed by atoms with Crippen LogP contribution in [0.2, 0.25) is 0 Å². The minimum atomic E-state index is 0.551. The summed E-state index contributed by atoms with van der Waals surface area (Å²) < 4.78 is 13.2. The number of rotatable bonds is 6. The second-order valence-corrected chi connectivity index (χ2v) is 5.82. The predicted molar refractivity (Wildman–Crippen MR) is 83.4 cm³/mol. The van der Waals surface area contributed by atoms with Gasteiger partial charge in [-0.05, 0) is 42.0 Å². The van der Waals surface area contributed by atoms with Crippen molar-refractivity contribution in [2.75, 3.05) is 13.2 Å². The molecule has 0 aliphatic carbocycles. The van der Waals surface area contributed by atoms with Crippen LogP contribution in [0.15, 0.2) is 57.5 Å². The largest absolute Gasteiger partial charge is 0.491 e. The molecule has 0 unspecified atom stereocenters. The highest BCUT2D eigenvalue weighted by Crippen LogP contribution is 2.16. The van der Waals surface area contributed by atoms with Crippen molar-refractivity contribution in [3.8, 4) is 5.75 Å². The first-order valence-corrected chi connectivity index (χ1v) is 7.53. The monoisotopic (exact) mass is 384 g/mol. The van der Waals surface area contributed by atoms with Crippen LogP contribution in [0.1, 0.15) is 5.56 Å². The summed E-state index contributed by atoms with van der Waals surface area (Å²) >= 11 is 6.82. The quantitative estimate of drug-likeness (QED) is 0.664. The van der Waals surface area contributed by atoms with E-state index in [0.29, 0.717) is 19.8 Å². The Kier molecular flexibility index (Phi) is 5.89. The summed E-state index contributed by atoms with van der Waals surface area (Å²) in [5.74, 6) is 0.856. The summed E-state index contributed by atoms with van der Waals surface area (Å²) in [6.07, 6.45) is 0. The summed E-state index contributed by atoms with van der Waals surface area (Å²) in [6.45, 7) is 1.72. The van der Waals surface area contributed by atoms with Crippen molar-refractivity contribution in [1.29, 1.82) is 0 Å². The molecule has 0 saturated carbocycles. The lowest BCUT2D eigenvalue weighted by atomic mass is 10.2. The molecule has 0 spiro atoms. The molecule has 4 heteroatoms. The molecule has 0 fully saturated rings. The molecule has 2 nitrogen and oxygen atoms in total. The molecule has 0 amide bonds. The molecule has 2 aromatic carbocycles. The van der Waals surface area contributed by atoms with Crippen molar-refractivity contribution in [2.45, 2.75) is 6.61 Å². The summed E-state index contributed by atoms with van der Waals surface area (Å²) in [4.78, 5) is 0. The molecule has 0 radical (unpaired) electrons. The average molecular weight is 386 g/mol. The summed E-state index contributed by atoms with van der Waals surface area (Å²) in [7, 11) is 0. The predicted octanol–water partition coefficient (Wildman–Crippen LogP) is 4.81. The van der Waals surface area contributed by atoms with Crippen LogP contribution in [0.3, 0.4) is 0 Å². The van der Waals surface area contributed by atoms with E-state index in [1.807, 2.05) is 42.5 Å². The van der Waals surface area contributed by atoms with Crippen LogP contribution in [-0.2, 0) is 11.3 Å². The minimum absolute atomic E-state index is 0.551. The maximum atomic E-state index is 5.57. The molecule has 19 heavy (non-hydrogen) atoms. The summed E-state index contributed by atoms with van der Waals surface area (Å²) in [5.41, 5.74) is 1.15. The first-order chi connectivity index (χ1) is 9.24. The van der Waals surface area contributed by atoms with Gasteiger partial charge < -0.3 is 9.47 Å². The minimum Gasteiger partial charge on any atom is -0.491 e. The number of hydrogen-bond donors (Lipinski definition) is 0. The lowest BCUT2D eigenvalue weighted by molar-refractivity contribution is 0.0889. The zero-order valence-electron chi connectivity index (χ0n) is 10.3. The van der Waals surface area contributed by atoms with Crippen LogP contribution in [0.25, 0.3) is 0 Å². The maximum absolute atomic E-state index is 5.57. The molecule has 0 aliphatic rings. The third kappa shape index (κ3) is 5.35. The molecular formula is C15H14Br2O2. The third-order valence-corrected chi connectivity index (χ3v) is 3.49. The molecule has 100 valence electrons. The molecule has 0 atom stereocenters. The van der Waals surface area contributed by atoms with E-state index < -0.39 is 0 Å². The molecule has 0 heterocycles. The fourth-order valence-electron chi connectivity index (χ4n) is 1.57. The van der Waals surface area contributed by atoms with Crippen LogP contribution in [-0.4, -0.2) is 13.2 Å². The van der Waals surface area contributed by atoms with Crippen molar-refractivity contribution >= 4 is 31.9 Å². The van der Waals surface area contributed by atoms with Gasteiger partial charge in [-0.2, -0.15) is 0 Å². The topological polar surface area (TPSA) is 18.5 Å². The number of halogens is 2. The number of hydrogen-bond acceptors (Lipinski definition) is 2. The van der Waals surface area contributed by atoms with Gasteiger partial charge in [0.05, 0.1) is 13.2 Å². The van der Waals surface area contributed by atoms with Gasteiger partial charge in [-0.15, -0.1) is 0 Å². The standard InChI is InChI=1S/C15H14Br2O2/c16-13-4-6-15(7-5-13)19-9-8-18-11-12-2-1-3-14(17)10-12/h1-7,10H,8-9,11H2. The molecule has 2 aromatic rings. The number of ether oxygens (including phenoxy) is 2. The fourth-order valence-corrected chi connectivity index (χ4v) is 2.28. The molecule has 0 aliphatic heterocycles. The first-order valence-electron chi connectivity index (χ1n) is 5.94. The maximum Gasteiger partial charge on any atom is 0.119 e. The van der Waals surface area contributed by atoms with Gasteiger partial charge in [-0.1, -0.05) is 44.0 Å². The van der Waals surface area contributed by atoms with Crippen LogP contribution < -0.4 is 4.74 Å². The Morgan fingerprint density at radius 3 is 2.37 bits per heavy atom. The van der Waals surface area contributed by atoms with Crippen LogP contribution in [0.4, 0.5) is 0 Å². The van der Waals surface area contributed by atoms with E-state index in [1.54, 1.807) is 0 Å². The third-order valence-electron chi connectivity index (χ3n) is 2.47. The van der Waals surface area contributed by atoms with E-state index in [4.69, 9.17) is 9.47 Å². The van der Waals surface area contributed by atoms with Crippen molar-refractivity contribution in [2.24, 2.45) is 0 Å². The van der Waals surface area contributed by atoms with E-state index in [1.165, 1.54) is 0 Å². The highest BCUT2D eigenvalue weighted by molar-refractivity contribution is 9.10. The van der Waals surface area contributed by atoms with Crippen LogP contribution >= 0.6 is 31.9 Å². The summed E-state index contributed by atoms with van der Waals surface area (Å²) in [5, 5.41) is 0. The van der Waals surface area contributed by atoms with E-state index in [2.05, 4.69) is 37.9 Å². The van der Waals surface area contributed by atoms with Crippen LogP contribution in [0.5, 0.6) is 5.75 Å². The SMILES string of the molecule is Brc1ccc(OCCOCc2cccc(Br)c2)cc1. The summed E-state index contributed by atoms with van der Waals surface area (Å²) in [6, 6.07) is 15.9. The second-order valence-electron chi connectivity index (χ2n) is 3.98. The normalized spacial score (nSPS) is 10.4. The lowest BCUT2D eigenvalue weighted by Crippen LogP contribution is -2.06. The van der Waals surface area contributed by atoms with Gasteiger partial charge in [0.2, 0.25) is 0 Å². The molecule has 0 saturated heterocycles. The smallest absolute Gasteiger partial charge is 0.119 e. The first kappa shape index (κ1) is 14.6. The highest BCUT2D eigenvalue weighted by atomic mass is 79.9. The Balaban J connectivity index is 1.66. The Bertz CT molecular complexity index is 512. The van der Waals surface area contributed by atoms with Gasteiger partial charge in [0.1, 0.15) is 12.4 Å². The van der Waals surface area contributed by atoms with Gasteiger partial charge in [-0.25, -0.2) is 0 Å². The van der Waals surface area contributed by atoms with Gasteiger partial charge in [0, 0.05) is 8.95 Å². The van der Waals surface area contributed by atoms with Crippen molar-refractivity contribution in [1.82, 2.24) is 0 Å². The van der Waals surface area contributed by atoms with Gasteiger partial charge in [0.25, 0.3) is 0 Å². The van der Waals surface area contributed by atoms with E-state index in [-0.39, 0.29) is 0 Å². The van der Waals surface area contributed by atoms with E-state index >= 15 is 0 Å². The van der Waals surface area contributed by atoms with Crippen molar-refractivity contribution in [3.63, 3.8) is 0 Å². The molecule has 0 aromatic heterocycles. The van der Waals surface area contributed by atoms with Gasteiger partial charge in [0.15, 0.2) is 0 Å². The van der Waals surface area contributed by atoms with E-state index in [0.717, 1.165) is 20.3 Å². The Hall–Kier alpha value is -0.840. The Morgan fingerprint density at radius 1 is 0.842 bits per heavy atom. The molecule has 0 bridgehead atoms. The average Bonchev–Trinajstić information content (AvgIpc) is 2.41. The zero-order valence-corrected chi connectivity index (χ0v) is 13.5. The number of benzene rings is 2. The molecule has 0 N–H and O–H groups in total. The van der Waals surface area contributed by atoms with Crippen molar-refractivity contribution < 1.29 is 9.47 Å². The van der Waals surface area contributed by atoms with Crippen molar-refractivity contribution in [3.05, 3.63) is 63.0 Å². The lowest BCUT2D eigenvalue weighted by Gasteiger charge is -2.07. The molecular weight excluding hydrogens is 372 g/mol. The fraction of sp³-hybridized carbons (Fsp3) is 0.200. The van der Waals surface area contributed by atoms with Gasteiger partial charge in [-0.3, -0.25) is 0 Å².